The molecule has 1 N–H and O–H groups in total. The Bertz CT molecular complexity index is 2030. The molecule has 4 aliphatic heterocycles. The highest BCUT2D eigenvalue weighted by Crippen LogP contribution is 2.45. The number of pyridine rings is 1. The van der Waals surface area contributed by atoms with E-state index in [1.807, 2.05) is 4.90 Å². The third-order valence-electron chi connectivity index (χ3n) is 10.3. The molecule has 47 heavy (non-hydrogen) atoms. The molecule has 4 aliphatic rings. The van der Waals surface area contributed by atoms with Crippen LogP contribution in [-0.2, 0) is 0 Å². The van der Waals surface area contributed by atoms with Gasteiger partial charge in [-0.05, 0) is 62.2 Å². The summed E-state index contributed by atoms with van der Waals surface area (Å²) >= 11 is 0. The quantitative estimate of drug-likeness (QED) is 0.283. The number of benzene rings is 2. The minimum atomic E-state index is -0.951. The van der Waals surface area contributed by atoms with Crippen LogP contribution < -0.4 is 14.4 Å². The second-order valence-corrected chi connectivity index (χ2v) is 13.0. The molecule has 8 rings (SSSR count). The molecule has 2 unspecified atom stereocenters. The van der Waals surface area contributed by atoms with Crippen molar-refractivity contribution in [2.24, 2.45) is 5.92 Å². The molecule has 3 saturated heterocycles. The smallest absolute Gasteiger partial charge is 0.319 e. The fourth-order valence-corrected chi connectivity index (χ4v) is 7.99. The summed E-state index contributed by atoms with van der Waals surface area (Å²) in [5, 5.41) is 21.1. The number of fused-ring (bicyclic) bond motifs is 4. The number of halogens is 3. The van der Waals surface area contributed by atoms with E-state index in [-0.39, 0.29) is 75.9 Å². The standard InChI is InChI=1S/C35H31F3N6O3/c1-2-24-26(37)7-5-20-12-23(45)13-25(27(20)24)30-29(38)31-28-32(44-11-8-19(15-39)4-6-22(44)17-46-33(28)40-30)42-34(41-31)47-18-35-9-3-10-43(35)16-21(36)14-35/h1,5,7,12-13,19,21-22,45H,3-4,6,8-11,14,16-18H2/t19?,21-,22?,35+/m1/s1. The van der Waals surface area contributed by atoms with Crippen LogP contribution in [0.25, 0.3) is 32.9 Å². The number of ether oxygens (including phenoxy) is 2. The number of terminal acetylenes is 1. The number of nitrogens with zero attached hydrogens (tertiary/aromatic N) is 6. The van der Waals surface area contributed by atoms with Crippen LogP contribution in [0.1, 0.15) is 44.1 Å². The van der Waals surface area contributed by atoms with Crippen molar-refractivity contribution in [1.82, 2.24) is 19.9 Å². The molecule has 6 heterocycles. The third-order valence-corrected chi connectivity index (χ3v) is 10.3. The highest BCUT2D eigenvalue weighted by atomic mass is 19.1. The Labute approximate surface area is 268 Å². The maximum atomic E-state index is 17.0. The van der Waals surface area contributed by atoms with Crippen molar-refractivity contribution in [3.63, 3.8) is 0 Å². The fraction of sp³-hybridized carbons (Fsp3) is 0.429. The van der Waals surface area contributed by atoms with Gasteiger partial charge in [0.05, 0.1) is 23.2 Å². The summed E-state index contributed by atoms with van der Waals surface area (Å²) in [4.78, 5) is 18.1. The Hall–Kier alpha value is -4.81. The van der Waals surface area contributed by atoms with Gasteiger partial charge in [-0.2, -0.15) is 15.2 Å². The van der Waals surface area contributed by atoms with Crippen LogP contribution in [0.2, 0.25) is 0 Å². The predicted octanol–water partition coefficient (Wildman–Crippen LogP) is 5.66. The molecule has 0 saturated carbocycles. The Balaban J connectivity index is 1.33. The van der Waals surface area contributed by atoms with E-state index >= 15 is 4.39 Å². The van der Waals surface area contributed by atoms with Gasteiger partial charge >= 0.3 is 6.01 Å². The van der Waals surface area contributed by atoms with Gasteiger partial charge in [0.25, 0.3) is 0 Å². The Kier molecular flexibility index (Phi) is 7.03. The number of hydrogen-bond donors (Lipinski definition) is 1. The summed E-state index contributed by atoms with van der Waals surface area (Å²) in [5.41, 5.74) is -0.864. The van der Waals surface area contributed by atoms with E-state index in [0.717, 1.165) is 19.4 Å². The number of phenolic OH excluding ortho intramolecular Hbond substituents is 1. The van der Waals surface area contributed by atoms with Crippen LogP contribution in [0.15, 0.2) is 24.3 Å². The normalized spacial score (nSPS) is 25.4. The molecule has 9 nitrogen and oxygen atoms in total. The molecule has 3 fully saturated rings. The predicted molar refractivity (Wildman–Crippen MR) is 168 cm³/mol. The first-order valence-electron chi connectivity index (χ1n) is 15.9. The van der Waals surface area contributed by atoms with Crippen molar-refractivity contribution in [2.75, 3.05) is 37.7 Å². The second-order valence-electron chi connectivity index (χ2n) is 13.0. The molecular weight excluding hydrogens is 609 g/mol. The van der Waals surface area contributed by atoms with Crippen LogP contribution >= 0.6 is 0 Å². The summed E-state index contributed by atoms with van der Waals surface area (Å²) in [5.74, 6) is 0.966. The monoisotopic (exact) mass is 640 g/mol. The van der Waals surface area contributed by atoms with Crippen molar-refractivity contribution < 1.29 is 27.8 Å². The van der Waals surface area contributed by atoms with Gasteiger partial charge in [-0.25, -0.2) is 18.2 Å². The lowest BCUT2D eigenvalue weighted by Crippen LogP contribution is -2.43. The number of nitriles is 1. The number of aromatic hydroxyl groups is 1. The highest BCUT2D eigenvalue weighted by molar-refractivity contribution is 6.04. The highest BCUT2D eigenvalue weighted by Gasteiger charge is 2.49. The van der Waals surface area contributed by atoms with Gasteiger partial charge in [0.15, 0.2) is 5.82 Å². The first-order chi connectivity index (χ1) is 22.8. The van der Waals surface area contributed by atoms with Gasteiger partial charge in [-0.1, -0.05) is 12.0 Å². The van der Waals surface area contributed by atoms with Gasteiger partial charge in [0, 0.05) is 36.4 Å². The molecule has 0 aliphatic carbocycles. The summed E-state index contributed by atoms with van der Waals surface area (Å²) in [6, 6.07) is 7.48. The number of phenols is 1. The van der Waals surface area contributed by atoms with Crippen molar-refractivity contribution in [3.05, 3.63) is 41.5 Å². The van der Waals surface area contributed by atoms with Crippen LogP contribution in [0.4, 0.5) is 19.0 Å². The topological polar surface area (TPSA) is 108 Å². The summed E-state index contributed by atoms with van der Waals surface area (Å²) in [7, 11) is 0. The summed E-state index contributed by atoms with van der Waals surface area (Å²) < 4.78 is 59.0. The van der Waals surface area contributed by atoms with E-state index in [4.69, 9.17) is 20.9 Å². The lowest BCUT2D eigenvalue weighted by molar-refractivity contribution is 0.107. The van der Waals surface area contributed by atoms with Gasteiger partial charge in [0.1, 0.15) is 53.4 Å². The van der Waals surface area contributed by atoms with Gasteiger partial charge in [-0.3, -0.25) is 4.90 Å². The van der Waals surface area contributed by atoms with Crippen LogP contribution in [-0.4, -0.2) is 75.6 Å². The van der Waals surface area contributed by atoms with Crippen molar-refractivity contribution >= 4 is 27.5 Å². The van der Waals surface area contributed by atoms with Crippen LogP contribution in [0.5, 0.6) is 17.6 Å². The average molecular weight is 641 g/mol. The average Bonchev–Trinajstić information content (AvgIpc) is 3.44. The summed E-state index contributed by atoms with van der Waals surface area (Å²) in [6.07, 6.45) is 8.69. The molecule has 12 heteroatoms. The maximum Gasteiger partial charge on any atom is 0.319 e. The lowest BCUT2D eigenvalue weighted by Gasteiger charge is -2.31. The second kappa shape index (κ2) is 11.2. The third kappa shape index (κ3) is 4.77. The van der Waals surface area contributed by atoms with Crippen molar-refractivity contribution in [1.29, 1.82) is 5.26 Å². The van der Waals surface area contributed by atoms with Gasteiger partial charge < -0.3 is 19.5 Å². The Morgan fingerprint density at radius 1 is 1.13 bits per heavy atom. The van der Waals surface area contributed by atoms with Gasteiger partial charge in [-0.15, -0.1) is 6.42 Å². The molecule has 0 spiro atoms. The zero-order valence-corrected chi connectivity index (χ0v) is 25.5. The van der Waals surface area contributed by atoms with Crippen molar-refractivity contribution in [3.8, 4) is 47.3 Å². The maximum absolute atomic E-state index is 17.0. The Morgan fingerprint density at radius 2 is 2.00 bits per heavy atom. The molecular formula is C35H31F3N6O3. The van der Waals surface area contributed by atoms with E-state index in [2.05, 4.69) is 26.9 Å². The number of alkyl halides is 1. The van der Waals surface area contributed by atoms with E-state index in [9.17, 15) is 19.1 Å². The Morgan fingerprint density at radius 3 is 2.83 bits per heavy atom. The lowest BCUT2D eigenvalue weighted by atomic mass is 9.95. The van der Waals surface area contributed by atoms with Crippen LogP contribution in [0.3, 0.4) is 0 Å². The molecule has 2 aromatic heterocycles. The van der Waals surface area contributed by atoms with Crippen LogP contribution in [0, 0.1) is 41.2 Å². The number of anilines is 1. The molecule has 0 bridgehead atoms. The molecule has 240 valence electrons. The zero-order valence-electron chi connectivity index (χ0n) is 25.5. The SMILES string of the molecule is C#Cc1c(F)ccc2cc(O)cc(-c3nc4c5c(nc(OC[C@@]67CCCN6C[C@H](F)C7)nc5c3F)N3CCC(C#N)CCC3CO4)c12. The zero-order chi connectivity index (χ0) is 32.4. The molecule has 0 amide bonds. The fourth-order valence-electron chi connectivity index (χ4n) is 7.99. The van der Waals surface area contributed by atoms with Crippen molar-refractivity contribution in [2.45, 2.75) is 56.3 Å². The molecule has 0 radical (unpaired) electrons. The van der Waals surface area contributed by atoms with E-state index in [1.165, 1.54) is 24.3 Å². The summed E-state index contributed by atoms with van der Waals surface area (Å²) in [6.45, 7) is 1.95. The van der Waals surface area contributed by atoms with E-state index in [0.29, 0.717) is 50.0 Å². The minimum absolute atomic E-state index is 0.0733. The first-order valence-corrected chi connectivity index (χ1v) is 15.9. The number of aromatic nitrogens is 3. The largest absolute Gasteiger partial charge is 0.508 e. The van der Waals surface area contributed by atoms with E-state index in [1.54, 1.807) is 0 Å². The first kappa shape index (κ1) is 29.6. The molecule has 4 aromatic rings. The van der Waals surface area contributed by atoms with Gasteiger partial charge in [0.2, 0.25) is 5.88 Å². The molecule has 4 atom stereocenters. The number of hydrogen-bond acceptors (Lipinski definition) is 9. The minimum Gasteiger partial charge on any atom is -0.508 e. The van der Waals surface area contributed by atoms with E-state index < -0.39 is 23.3 Å². The number of rotatable bonds is 4. The molecule has 2 aromatic carbocycles.